The van der Waals surface area contributed by atoms with Gasteiger partial charge in [0, 0.05) is 6.04 Å². The van der Waals surface area contributed by atoms with Gasteiger partial charge in [-0.15, -0.1) is 0 Å². The van der Waals surface area contributed by atoms with Crippen LogP contribution in [0.5, 0.6) is 0 Å². The van der Waals surface area contributed by atoms with E-state index in [2.05, 4.69) is 37.9 Å². The van der Waals surface area contributed by atoms with Gasteiger partial charge in [0.2, 0.25) is 0 Å². The molecule has 0 aromatic rings. The van der Waals surface area contributed by atoms with Gasteiger partial charge in [-0.1, -0.05) is 47.0 Å². The third-order valence-electron chi connectivity index (χ3n) is 4.69. The van der Waals surface area contributed by atoms with Gasteiger partial charge in [0.05, 0.1) is 0 Å². The van der Waals surface area contributed by atoms with Crippen LogP contribution in [0.4, 0.5) is 0 Å². The maximum absolute atomic E-state index is 3.55. The van der Waals surface area contributed by atoms with Crippen LogP contribution >= 0.6 is 0 Å². The highest BCUT2D eigenvalue weighted by Gasteiger charge is 2.21. The first-order valence-corrected chi connectivity index (χ1v) is 9.54. The molecule has 1 rings (SSSR count). The lowest BCUT2D eigenvalue weighted by Crippen LogP contribution is -2.35. The summed E-state index contributed by atoms with van der Waals surface area (Å²) in [4.78, 5) is 2.81. The Kier molecular flexibility index (Phi) is 10.4. The zero-order chi connectivity index (χ0) is 15.5. The van der Waals surface area contributed by atoms with Crippen molar-refractivity contribution in [3.63, 3.8) is 0 Å². The van der Waals surface area contributed by atoms with Crippen molar-refractivity contribution in [2.45, 2.75) is 85.1 Å². The van der Waals surface area contributed by atoms with Crippen LogP contribution in [0.2, 0.25) is 0 Å². The summed E-state index contributed by atoms with van der Waals surface area (Å²) in [6, 6.07) is 0.905. The Morgan fingerprint density at radius 1 is 0.905 bits per heavy atom. The van der Waals surface area contributed by atoms with E-state index in [0.29, 0.717) is 0 Å². The molecule has 21 heavy (non-hydrogen) atoms. The molecule has 1 aliphatic rings. The second-order valence-corrected chi connectivity index (χ2v) is 7.82. The molecule has 0 atom stereocenters. The highest BCUT2D eigenvalue weighted by Crippen LogP contribution is 2.24. The molecule has 0 aromatic carbocycles. The number of hydrogen-bond donors (Lipinski definition) is 1. The van der Waals surface area contributed by atoms with Gasteiger partial charge >= 0.3 is 0 Å². The maximum Gasteiger partial charge on any atom is 0.00952 e. The molecule has 1 aliphatic carbocycles. The number of rotatable bonds is 12. The summed E-state index contributed by atoms with van der Waals surface area (Å²) in [6.07, 6.45) is 11.3. The predicted octanol–water partition coefficient (Wildman–Crippen LogP) is 4.69. The lowest BCUT2D eigenvalue weighted by atomic mass is 10.1. The molecular weight excluding hydrogens is 256 g/mol. The lowest BCUT2D eigenvalue weighted by molar-refractivity contribution is 0.184. The molecule has 0 aromatic heterocycles. The van der Waals surface area contributed by atoms with Crippen LogP contribution in [-0.2, 0) is 0 Å². The van der Waals surface area contributed by atoms with Crippen molar-refractivity contribution in [2.75, 3.05) is 26.2 Å². The molecule has 0 unspecified atom stereocenters. The molecule has 126 valence electrons. The van der Waals surface area contributed by atoms with Crippen molar-refractivity contribution in [3.05, 3.63) is 0 Å². The van der Waals surface area contributed by atoms with Gasteiger partial charge in [-0.05, 0) is 70.1 Å². The second kappa shape index (κ2) is 11.5. The minimum atomic E-state index is 0.777. The number of nitrogens with zero attached hydrogens (tertiary/aromatic N) is 1. The monoisotopic (exact) mass is 296 g/mol. The van der Waals surface area contributed by atoms with E-state index in [1.54, 1.807) is 0 Å². The zero-order valence-corrected chi connectivity index (χ0v) is 15.2. The molecule has 2 nitrogen and oxygen atoms in total. The number of nitrogens with one attached hydrogen (secondary N) is 1. The van der Waals surface area contributed by atoms with Crippen LogP contribution in [-0.4, -0.2) is 37.1 Å². The van der Waals surface area contributed by atoms with E-state index in [1.807, 2.05) is 0 Å². The van der Waals surface area contributed by atoms with Crippen LogP contribution in [0.1, 0.15) is 79.1 Å². The van der Waals surface area contributed by atoms with E-state index >= 15 is 0 Å². The Balaban J connectivity index is 2.11. The Bertz CT molecular complexity index is 232. The molecule has 1 fully saturated rings. The van der Waals surface area contributed by atoms with Crippen molar-refractivity contribution in [3.8, 4) is 0 Å². The molecule has 0 amide bonds. The molecule has 1 N–H and O–H groups in total. The summed E-state index contributed by atoms with van der Waals surface area (Å²) in [5.74, 6) is 1.62. The largest absolute Gasteiger partial charge is 0.316 e. The van der Waals surface area contributed by atoms with Crippen molar-refractivity contribution >= 4 is 0 Å². The van der Waals surface area contributed by atoms with Gasteiger partial charge < -0.3 is 10.2 Å². The minimum Gasteiger partial charge on any atom is -0.316 e. The SMILES string of the molecule is CC(C)CCN(CCCCCNCC(C)C)C1CCCC1. The lowest BCUT2D eigenvalue weighted by Gasteiger charge is -2.29. The molecule has 0 heterocycles. The standard InChI is InChI=1S/C19H40N2/c1-17(2)12-15-21(19-10-6-7-11-19)14-9-5-8-13-20-16-18(3)4/h17-20H,5-16H2,1-4H3. The van der Waals surface area contributed by atoms with Gasteiger partial charge in [0.15, 0.2) is 0 Å². The van der Waals surface area contributed by atoms with Crippen molar-refractivity contribution in [1.82, 2.24) is 10.2 Å². The average molecular weight is 297 g/mol. The maximum atomic E-state index is 3.55. The van der Waals surface area contributed by atoms with E-state index in [-0.39, 0.29) is 0 Å². The molecular formula is C19H40N2. The van der Waals surface area contributed by atoms with Gasteiger partial charge in [-0.2, -0.15) is 0 Å². The first kappa shape index (κ1) is 19.0. The fourth-order valence-corrected chi connectivity index (χ4v) is 3.30. The van der Waals surface area contributed by atoms with Crippen molar-refractivity contribution in [2.24, 2.45) is 11.8 Å². The molecule has 0 radical (unpaired) electrons. The molecule has 0 aliphatic heterocycles. The first-order chi connectivity index (χ1) is 10.1. The quantitative estimate of drug-likeness (QED) is 0.525. The summed E-state index contributed by atoms with van der Waals surface area (Å²) in [5.41, 5.74) is 0. The van der Waals surface area contributed by atoms with Gasteiger partial charge in [0.25, 0.3) is 0 Å². The Labute approximate surface area is 134 Å². The highest BCUT2D eigenvalue weighted by atomic mass is 15.2. The van der Waals surface area contributed by atoms with Gasteiger partial charge in [-0.25, -0.2) is 0 Å². The molecule has 1 saturated carbocycles. The number of unbranched alkanes of at least 4 members (excludes halogenated alkanes) is 2. The van der Waals surface area contributed by atoms with E-state index in [1.165, 1.54) is 77.5 Å². The third kappa shape index (κ3) is 9.52. The summed E-state index contributed by atoms with van der Waals surface area (Å²) >= 11 is 0. The van der Waals surface area contributed by atoms with Crippen LogP contribution in [0.3, 0.4) is 0 Å². The topological polar surface area (TPSA) is 15.3 Å². The molecule has 2 heteroatoms. The first-order valence-electron chi connectivity index (χ1n) is 9.54. The average Bonchev–Trinajstić information content (AvgIpc) is 2.94. The molecule has 0 spiro atoms. The van der Waals surface area contributed by atoms with Crippen molar-refractivity contribution < 1.29 is 0 Å². The summed E-state index contributed by atoms with van der Waals surface area (Å²) < 4.78 is 0. The summed E-state index contributed by atoms with van der Waals surface area (Å²) in [7, 11) is 0. The minimum absolute atomic E-state index is 0.777. The summed E-state index contributed by atoms with van der Waals surface area (Å²) in [5, 5.41) is 3.55. The number of hydrogen-bond acceptors (Lipinski definition) is 2. The fourth-order valence-electron chi connectivity index (χ4n) is 3.30. The second-order valence-electron chi connectivity index (χ2n) is 7.82. The zero-order valence-electron chi connectivity index (χ0n) is 15.2. The van der Waals surface area contributed by atoms with Crippen molar-refractivity contribution in [1.29, 1.82) is 0 Å². The van der Waals surface area contributed by atoms with Crippen LogP contribution in [0.25, 0.3) is 0 Å². The van der Waals surface area contributed by atoms with Crippen LogP contribution < -0.4 is 5.32 Å². The van der Waals surface area contributed by atoms with Crippen LogP contribution in [0.15, 0.2) is 0 Å². The molecule has 0 bridgehead atoms. The highest BCUT2D eigenvalue weighted by molar-refractivity contribution is 4.77. The van der Waals surface area contributed by atoms with Crippen LogP contribution in [0, 0.1) is 11.8 Å². The van der Waals surface area contributed by atoms with Gasteiger partial charge in [0.1, 0.15) is 0 Å². The molecule has 0 saturated heterocycles. The van der Waals surface area contributed by atoms with E-state index in [0.717, 1.165) is 17.9 Å². The van der Waals surface area contributed by atoms with E-state index in [4.69, 9.17) is 0 Å². The predicted molar refractivity (Wildman–Crippen MR) is 94.8 cm³/mol. The summed E-state index contributed by atoms with van der Waals surface area (Å²) in [6.45, 7) is 14.3. The van der Waals surface area contributed by atoms with E-state index < -0.39 is 0 Å². The Hall–Kier alpha value is -0.0800. The fraction of sp³-hybridized carbons (Fsp3) is 1.00. The Morgan fingerprint density at radius 2 is 1.62 bits per heavy atom. The smallest absolute Gasteiger partial charge is 0.00952 e. The van der Waals surface area contributed by atoms with E-state index in [9.17, 15) is 0 Å². The normalized spacial score (nSPS) is 16.7. The Morgan fingerprint density at radius 3 is 2.24 bits per heavy atom. The van der Waals surface area contributed by atoms with Gasteiger partial charge in [-0.3, -0.25) is 0 Å². The third-order valence-corrected chi connectivity index (χ3v) is 4.69.